The van der Waals surface area contributed by atoms with E-state index in [1.165, 1.54) is 6.92 Å². The Balaban J connectivity index is 2.37. The van der Waals surface area contributed by atoms with Crippen molar-refractivity contribution in [3.05, 3.63) is 18.2 Å². The fourth-order valence-corrected chi connectivity index (χ4v) is 5.95. The molecule has 6 heteroatoms. The maximum atomic E-state index is 11.3. The van der Waals surface area contributed by atoms with Crippen LogP contribution in [0, 0.1) is 0 Å². The number of hydrogen-bond acceptors (Lipinski definition) is 4. The third kappa shape index (κ3) is 3.19. The maximum absolute atomic E-state index is 11.3. The molecule has 1 unspecified atom stereocenters. The van der Waals surface area contributed by atoms with Gasteiger partial charge in [-0.2, -0.15) is 0 Å². The van der Waals surface area contributed by atoms with Gasteiger partial charge in [0.15, 0.2) is 5.78 Å². The molecule has 19 heavy (non-hydrogen) atoms. The van der Waals surface area contributed by atoms with Crippen LogP contribution in [-0.2, 0) is 9.59 Å². The molecule has 0 fully saturated rings. The Morgan fingerprint density at radius 2 is 2.16 bits per heavy atom. The minimum atomic E-state index is -0.250. The first-order chi connectivity index (χ1) is 9.01. The molecule has 1 atom stereocenters. The lowest BCUT2D eigenvalue weighted by Gasteiger charge is -2.18. The topological polar surface area (TPSA) is 49.4 Å². The van der Waals surface area contributed by atoms with E-state index in [1.807, 2.05) is 18.2 Å². The van der Waals surface area contributed by atoms with Gasteiger partial charge >= 0.3 is 0 Å². The number of ketones is 1. The number of hydrogen-bond donors (Lipinski definition) is 1. The van der Waals surface area contributed by atoms with Crippen LogP contribution in [-0.4, -0.2) is 23.6 Å². The predicted molar refractivity (Wildman–Crippen MR) is 84.0 cm³/mol. The first kappa shape index (κ1) is 14.1. The summed E-state index contributed by atoms with van der Waals surface area (Å²) in [5.74, 6) is 0.00659. The molecule has 1 aliphatic rings. The van der Waals surface area contributed by atoms with Gasteiger partial charge in [0.25, 0.3) is 0 Å². The molecule has 1 heterocycles. The molecule has 0 radical (unpaired) electrons. The molecular formula is C13H16N2O2S2. The summed E-state index contributed by atoms with van der Waals surface area (Å²) < 4.78 is 2.19. The first-order valence-corrected chi connectivity index (χ1v) is 8.55. The van der Waals surface area contributed by atoms with Crippen LogP contribution in [0.1, 0.15) is 20.8 Å². The Labute approximate surface area is 119 Å². The summed E-state index contributed by atoms with van der Waals surface area (Å²) in [6.45, 7) is 5.96. The second-order valence-electron chi connectivity index (χ2n) is 4.15. The van der Waals surface area contributed by atoms with Crippen LogP contribution >= 0.6 is 20.5 Å². The summed E-state index contributed by atoms with van der Waals surface area (Å²) in [7, 11) is 1.44. The van der Waals surface area contributed by atoms with Crippen molar-refractivity contribution in [2.75, 3.05) is 16.2 Å². The summed E-state index contributed by atoms with van der Waals surface area (Å²) in [4.78, 5) is 23.5. The minimum absolute atomic E-state index is 0.0806. The lowest BCUT2D eigenvalue weighted by atomic mass is 10.2. The Morgan fingerprint density at radius 1 is 1.42 bits per heavy atom. The number of rotatable bonds is 3. The Kier molecular flexibility index (Phi) is 4.31. The summed E-state index contributed by atoms with van der Waals surface area (Å²) in [6, 6.07) is 5.85. The monoisotopic (exact) mass is 296 g/mol. The highest BCUT2D eigenvalue weighted by Gasteiger charge is 2.23. The Morgan fingerprint density at radius 3 is 2.74 bits per heavy atom. The highest BCUT2D eigenvalue weighted by molar-refractivity contribution is 8.84. The molecule has 0 aliphatic carbocycles. The molecule has 1 aromatic carbocycles. The van der Waals surface area contributed by atoms with Gasteiger partial charge in [-0.1, -0.05) is 0 Å². The Bertz CT molecular complexity index is 570. The fourth-order valence-electron chi connectivity index (χ4n) is 1.82. The van der Waals surface area contributed by atoms with Gasteiger partial charge < -0.3 is 9.62 Å². The van der Waals surface area contributed by atoms with Crippen molar-refractivity contribution in [3.8, 4) is 0 Å². The third-order valence-corrected chi connectivity index (χ3v) is 6.49. The van der Waals surface area contributed by atoms with Gasteiger partial charge in [-0.25, -0.2) is 0 Å². The van der Waals surface area contributed by atoms with Crippen LogP contribution in [0.3, 0.4) is 0 Å². The van der Waals surface area contributed by atoms with E-state index >= 15 is 0 Å². The smallest absolute Gasteiger partial charge is 0.221 e. The van der Waals surface area contributed by atoms with Gasteiger partial charge in [-0.15, -0.1) is 0 Å². The lowest BCUT2D eigenvalue weighted by molar-refractivity contribution is -0.114. The average molecular weight is 296 g/mol. The standard InChI is InChI=1S/C13H16N2O2S2/c1-4-15-12-7-11(14-10(3)17)5-6-13(12)18-19(15)8-9(2)16/h5-8H,4H2,1-3H3,(H,14,17). The van der Waals surface area contributed by atoms with Crippen molar-refractivity contribution in [1.82, 2.24) is 0 Å². The maximum Gasteiger partial charge on any atom is 0.221 e. The first-order valence-electron chi connectivity index (χ1n) is 5.97. The highest BCUT2D eigenvalue weighted by Crippen LogP contribution is 2.54. The van der Waals surface area contributed by atoms with Crippen LogP contribution in [0.15, 0.2) is 23.1 Å². The van der Waals surface area contributed by atoms with Gasteiger partial charge in [0.2, 0.25) is 5.91 Å². The van der Waals surface area contributed by atoms with Crippen molar-refractivity contribution in [1.29, 1.82) is 0 Å². The van der Waals surface area contributed by atoms with Gasteiger partial charge in [-0.3, -0.25) is 9.59 Å². The van der Waals surface area contributed by atoms with Gasteiger partial charge in [0.05, 0.1) is 5.69 Å². The zero-order valence-electron chi connectivity index (χ0n) is 11.1. The quantitative estimate of drug-likeness (QED) is 0.688. The van der Waals surface area contributed by atoms with Crippen LogP contribution in [0.2, 0.25) is 0 Å². The molecule has 0 spiro atoms. The van der Waals surface area contributed by atoms with Crippen LogP contribution in [0.25, 0.3) is 0 Å². The second-order valence-corrected chi connectivity index (χ2v) is 7.51. The summed E-state index contributed by atoms with van der Waals surface area (Å²) in [6.07, 6.45) is 0. The average Bonchev–Trinajstić information content (AvgIpc) is 2.63. The fraction of sp³-hybridized carbons (Fsp3) is 0.308. The van der Waals surface area contributed by atoms with Crippen molar-refractivity contribution in [3.63, 3.8) is 0 Å². The number of amides is 1. The molecule has 0 aromatic heterocycles. The van der Waals surface area contributed by atoms with Gasteiger partial charge in [-0.05, 0) is 52.5 Å². The van der Waals surface area contributed by atoms with E-state index in [1.54, 1.807) is 23.1 Å². The van der Waals surface area contributed by atoms with Crippen molar-refractivity contribution >= 4 is 48.9 Å². The molecular weight excluding hydrogens is 280 g/mol. The zero-order chi connectivity index (χ0) is 14.0. The van der Waals surface area contributed by atoms with E-state index in [9.17, 15) is 9.59 Å². The van der Waals surface area contributed by atoms with Crippen LogP contribution in [0.5, 0.6) is 0 Å². The van der Waals surface area contributed by atoms with Crippen LogP contribution in [0.4, 0.5) is 11.4 Å². The Hall–Kier alpha value is -1.27. The molecule has 0 saturated heterocycles. The van der Waals surface area contributed by atoms with Gasteiger partial charge in [0, 0.05) is 29.4 Å². The summed E-state index contributed by atoms with van der Waals surface area (Å²) in [5, 5.41) is 4.54. The number of benzene rings is 1. The van der Waals surface area contributed by atoms with Gasteiger partial charge in [0.1, 0.15) is 0 Å². The van der Waals surface area contributed by atoms with E-state index in [0.29, 0.717) is 0 Å². The largest absolute Gasteiger partial charge is 0.326 e. The number of Topliss-reactive ketones (excluding diaryl/α,β-unsaturated/α-hetero) is 1. The normalized spacial score (nSPS) is 17.4. The molecule has 1 N–H and O–H groups in total. The van der Waals surface area contributed by atoms with E-state index in [4.69, 9.17) is 0 Å². The molecule has 1 aliphatic heterocycles. The number of anilines is 2. The van der Waals surface area contributed by atoms with Crippen LogP contribution < -0.4 is 9.62 Å². The van der Waals surface area contributed by atoms with E-state index in [-0.39, 0.29) is 21.4 Å². The number of carbonyl (C=O) groups is 2. The zero-order valence-corrected chi connectivity index (χ0v) is 12.7. The van der Waals surface area contributed by atoms with E-state index in [2.05, 4.69) is 16.5 Å². The molecule has 1 amide bonds. The van der Waals surface area contributed by atoms with Crippen molar-refractivity contribution in [2.45, 2.75) is 25.7 Å². The number of carbonyl (C=O) groups excluding carboxylic acids is 2. The highest BCUT2D eigenvalue weighted by atomic mass is 33.1. The number of fused-ring (bicyclic) bond motifs is 1. The van der Waals surface area contributed by atoms with Crippen molar-refractivity contribution < 1.29 is 9.59 Å². The molecule has 0 bridgehead atoms. The molecule has 1 aromatic rings. The minimum Gasteiger partial charge on any atom is -0.326 e. The summed E-state index contributed by atoms with van der Waals surface area (Å²) >= 11 is 0. The van der Waals surface area contributed by atoms with E-state index < -0.39 is 0 Å². The molecule has 4 nitrogen and oxygen atoms in total. The number of nitrogens with one attached hydrogen (secondary N) is 1. The summed E-state index contributed by atoms with van der Waals surface area (Å²) in [5.41, 5.74) is 1.87. The lowest BCUT2D eigenvalue weighted by Crippen LogP contribution is -2.13. The number of nitrogens with zero attached hydrogens (tertiary/aromatic N) is 1. The van der Waals surface area contributed by atoms with E-state index in [0.717, 1.165) is 22.8 Å². The predicted octanol–water partition coefficient (Wildman–Crippen LogP) is 3.07. The third-order valence-electron chi connectivity index (χ3n) is 2.49. The second kappa shape index (κ2) is 5.79. The van der Waals surface area contributed by atoms with Crippen molar-refractivity contribution in [2.24, 2.45) is 0 Å². The molecule has 0 saturated carbocycles. The molecule has 2 rings (SSSR count). The SMILES string of the molecule is CCN1c2cc(NC(C)=O)ccc2SS1=CC(C)=O. The molecule has 102 valence electrons.